The van der Waals surface area contributed by atoms with Gasteiger partial charge in [0.15, 0.2) is 0 Å². The highest BCUT2D eigenvalue weighted by atomic mass is 16.5. The molecular formula is C17H27NO. The molecule has 0 aromatic heterocycles. The van der Waals surface area contributed by atoms with Crippen LogP contribution in [0.2, 0.25) is 0 Å². The Morgan fingerprint density at radius 3 is 2.16 bits per heavy atom. The van der Waals surface area contributed by atoms with Crippen LogP contribution in [0.3, 0.4) is 0 Å². The zero-order valence-corrected chi connectivity index (χ0v) is 12.6. The molecule has 1 aliphatic rings. The van der Waals surface area contributed by atoms with E-state index in [2.05, 4.69) is 50.4 Å². The van der Waals surface area contributed by atoms with Crippen LogP contribution in [-0.4, -0.2) is 19.8 Å². The van der Waals surface area contributed by atoms with Crippen molar-refractivity contribution in [2.75, 3.05) is 13.7 Å². The molecule has 2 atom stereocenters. The van der Waals surface area contributed by atoms with E-state index in [-0.39, 0.29) is 0 Å². The van der Waals surface area contributed by atoms with Crippen molar-refractivity contribution >= 4 is 0 Å². The van der Waals surface area contributed by atoms with Gasteiger partial charge in [0.05, 0.1) is 6.61 Å². The number of benzene rings is 1. The second kappa shape index (κ2) is 6.53. The third-order valence-electron chi connectivity index (χ3n) is 4.10. The van der Waals surface area contributed by atoms with E-state index in [1.807, 2.05) is 0 Å². The summed E-state index contributed by atoms with van der Waals surface area (Å²) in [6.07, 6.45) is 2.69. The van der Waals surface area contributed by atoms with Crippen molar-refractivity contribution < 1.29 is 4.74 Å². The predicted molar refractivity (Wildman–Crippen MR) is 80.5 cm³/mol. The van der Waals surface area contributed by atoms with Crippen LogP contribution in [-0.2, 0) is 4.74 Å². The van der Waals surface area contributed by atoms with Gasteiger partial charge in [0.2, 0.25) is 0 Å². The average molecular weight is 261 g/mol. The normalized spacial score (nSPS) is 18.6. The Hall–Kier alpha value is -0.860. The molecule has 106 valence electrons. The van der Waals surface area contributed by atoms with Gasteiger partial charge in [-0.2, -0.15) is 0 Å². The Balaban J connectivity index is 1.96. The van der Waals surface area contributed by atoms with E-state index in [0.29, 0.717) is 18.0 Å². The quantitative estimate of drug-likeness (QED) is 0.804. The highest BCUT2D eigenvalue weighted by Gasteiger charge is 2.31. The smallest absolute Gasteiger partial charge is 0.0618 e. The van der Waals surface area contributed by atoms with Crippen molar-refractivity contribution in [3.8, 4) is 0 Å². The van der Waals surface area contributed by atoms with Crippen molar-refractivity contribution in [2.24, 2.45) is 5.92 Å². The third-order valence-corrected chi connectivity index (χ3v) is 4.10. The first-order valence-corrected chi connectivity index (χ1v) is 7.46. The van der Waals surface area contributed by atoms with Crippen LogP contribution in [0.5, 0.6) is 0 Å². The number of methoxy groups -OCH3 is 1. The van der Waals surface area contributed by atoms with E-state index < -0.39 is 0 Å². The second-order valence-electron chi connectivity index (χ2n) is 6.11. The van der Waals surface area contributed by atoms with Crippen LogP contribution in [0.15, 0.2) is 24.3 Å². The number of ether oxygens (including phenoxy) is 1. The maximum atomic E-state index is 5.33. The number of hydrogen-bond acceptors (Lipinski definition) is 2. The number of hydrogen-bond donors (Lipinski definition) is 1. The maximum Gasteiger partial charge on any atom is 0.0618 e. The first-order valence-electron chi connectivity index (χ1n) is 7.46. The van der Waals surface area contributed by atoms with Crippen LogP contribution >= 0.6 is 0 Å². The zero-order chi connectivity index (χ0) is 13.8. The van der Waals surface area contributed by atoms with E-state index in [4.69, 9.17) is 4.74 Å². The second-order valence-corrected chi connectivity index (χ2v) is 6.11. The molecule has 1 fully saturated rings. The molecule has 0 amide bonds. The van der Waals surface area contributed by atoms with Gasteiger partial charge in [-0.25, -0.2) is 0 Å². The summed E-state index contributed by atoms with van der Waals surface area (Å²) in [7, 11) is 1.79. The lowest BCUT2D eigenvalue weighted by molar-refractivity contribution is 0.152. The summed E-state index contributed by atoms with van der Waals surface area (Å²) >= 11 is 0. The molecule has 19 heavy (non-hydrogen) atoms. The summed E-state index contributed by atoms with van der Waals surface area (Å²) in [6.45, 7) is 7.53. The Morgan fingerprint density at radius 1 is 1.11 bits per heavy atom. The molecule has 1 aromatic rings. The van der Waals surface area contributed by atoms with Crippen molar-refractivity contribution in [3.05, 3.63) is 35.4 Å². The molecule has 0 radical (unpaired) electrons. The van der Waals surface area contributed by atoms with Crippen LogP contribution in [0, 0.1) is 5.92 Å². The summed E-state index contributed by atoms with van der Waals surface area (Å²) in [6, 6.07) is 9.90. The van der Waals surface area contributed by atoms with Gasteiger partial charge in [-0.1, -0.05) is 38.1 Å². The molecule has 0 bridgehead atoms. The molecule has 2 heteroatoms. The Morgan fingerprint density at radius 2 is 1.68 bits per heavy atom. The molecule has 2 rings (SSSR count). The highest BCUT2D eigenvalue weighted by Crippen LogP contribution is 2.34. The molecule has 0 heterocycles. The predicted octanol–water partition coefficient (Wildman–Crippen LogP) is 3.89. The Labute approximate surface area is 117 Å². The number of rotatable bonds is 7. The Bertz CT molecular complexity index is 381. The first kappa shape index (κ1) is 14.5. The van der Waals surface area contributed by atoms with Crippen molar-refractivity contribution in [3.63, 3.8) is 0 Å². The fraction of sp³-hybridized carbons (Fsp3) is 0.647. The van der Waals surface area contributed by atoms with Crippen LogP contribution < -0.4 is 5.32 Å². The summed E-state index contributed by atoms with van der Waals surface area (Å²) in [5.74, 6) is 1.42. The van der Waals surface area contributed by atoms with E-state index in [1.165, 1.54) is 24.0 Å². The Kier molecular flexibility index (Phi) is 5.00. The SMILES string of the molecule is COCC(NC(C)c1ccc(C(C)C)cc1)C1CC1. The molecule has 0 spiro atoms. The number of nitrogens with one attached hydrogen (secondary N) is 1. The molecule has 0 aliphatic heterocycles. The van der Waals surface area contributed by atoms with Crippen LogP contribution in [0.25, 0.3) is 0 Å². The van der Waals surface area contributed by atoms with Gasteiger partial charge in [-0.3, -0.25) is 0 Å². The van der Waals surface area contributed by atoms with Crippen molar-refractivity contribution in [1.82, 2.24) is 5.32 Å². The third kappa shape index (κ3) is 4.05. The van der Waals surface area contributed by atoms with E-state index >= 15 is 0 Å². The monoisotopic (exact) mass is 261 g/mol. The fourth-order valence-corrected chi connectivity index (χ4v) is 2.59. The van der Waals surface area contributed by atoms with Gasteiger partial charge < -0.3 is 10.1 Å². The lowest BCUT2D eigenvalue weighted by Gasteiger charge is -2.23. The minimum absolute atomic E-state index is 0.391. The summed E-state index contributed by atoms with van der Waals surface area (Å²) < 4.78 is 5.33. The standard InChI is InChI=1S/C17H27NO/c1-12(2)14-5-7-15(8-6-14)13(3)18-17(11-19-4)16-9-10-16/h5-8,12-13,16-18H,9-11H2,1-4H3. The molecule has 2 unspecified atom stereocenters. The highest BCUT2D eigenvalue weighted by molar-refractivity contribution is 5.26. The maximum absolute atomic E-state index is 5.33. The molecule has 1 N–H and O–H groups in total. The topological polar surface area (TPSA) is 21.3 Å². The van der Waals surface area contributed by atoms with Crippen LogP contribution in [0.1, 0.15) is 56.7 Å². The minimum atomic E-state index is 0.391. The largest absolute Gasteiger partial charge is 0.383 e. The average Bonchev–Trinajstić information content (AvgIpc) is 3.22. The zero-order valence-electron chi connectivity index (χ0n) is 12.6. The van der Waals surface area contributed by atoms with E-state index in [0.717, 1.165) is 12.5 Å². The molecule has 2 nitrogen and oxygen atoms in total. The van der Waals surface area contributed by atoms with E-state index in [9.17, 15) is 0 Å². The van der Waals surface area contributed by atoms with Crippen molar-refractivity contribution in [2.45, 2.75) is 51.6 Å². The van der Waals surface area contributed by atoms with Gasteiger partial charge in [-0.05, 0) is 42.7 Å². The summed E-state index contributed by atoms with van der Waals surface area (Å²) in [4.78, 5) is 0. The minimum Gasteiger partial charge on any atom is -0.383 e. The van der Waals surface area contributed by atoms with Gasteiger partial charge >= 0.3 is 0 Å². The summed E-state index contributed by atoms with van der Waals surface area (Å²) in [5, 5.41) is 3.72. The fourth-order valence-electron chi connectivity index (χ4n) is 2.59. The first-order chi connectivity index (χ1) is 9.11. The lowest BCUT2D eigenvalue weighted by Crippen LogP contribution is -2.36. The molecule has 1 aromatic carbocycles. The van der Waals surface area contributed by atoms with Gasteiger partial charge in [0.25, 0.3) is 0 Å². The lowest BCUT2D eigenvalue weighted by atomic mass is 9.99. The van der Waals surface area contributed by atoms with Crippen LogP contribution in [0.4, 0.5) is 0 Å². The molecule has 1 saturated carbocycles. The van der Waals surface area contributed by atoms with Gasteiger partial charge in [-0.15, -0.1) is 0 Å². The molecule has 1 aliphatic carbocycles. The molecular weight excluding hydrogens is 234 g/mol. The van der Waals surface area contributed by atoms with E-state index in [1.54, 1.807) is 7.11 Å². The van der Waals surface area contributed by atoms with Crippen molar-refractivity contribution in [1.29, 1.82) is 0 Å². The molecule has 0 saturated heterocycles. The summed E-state index contributed by atoms with van der Waals surface area (Å²) in [5.41, 5.74) is 2.78. The van der Waals surface area contributed by atoms with Gasteiger partial charge in [0, 0.05) is 19.2 Å². The van der Waals surface area contributed by atoms with Gasteiger partial charge in [0.1, 0.15) is 0 Å².